The van der Waals surface area contributed by atoms with Crippen LogP contribution in [0.3, 0.4) is 0 Å². The molecule has 6 nitrogen and oxygen atoms in total. The first-order valence-corrected chi connectivity index (χ1v) is 9.87. The minimum atomic E-state index is -1.01. The Morgan fingerprint density at radius 2 is 1.93 bits per heavy atom. The van der Waals surface area contributed by atoms with Crippen LogP contribution in [0.5, 0.6) is 0 Å². The number of primary amides is 1. The van der Waals surface area contributed by atoms with Crippen molar-refractivity contribution in [1.82, 2.24) is 0 Å². The second-order valence-corrected chi connectivity index (χ2v) is 7.84. The van der Waals surface area contributed by atoms with Crippen molar-refractivity contribution >= 4 is 40.2 Å². The largest absolute Gasteiger partial charge is 0.449 e. The van der Waals surface area contributed by atoms with Gasteiger partial charge in [0.15, 0.2) is 6.10 Å². The monoisotopic (exact) mass is 398 g/mol. The second kappa shape index (κ2) is 8.39. The number of hydrogen-bond donors (Lipinski definition) is 2. The lowest BCUT2D eigenvalue weighted by molar-refractivity contribution is -0.148. The molecular weight excluding hydrogens is 376 g/mol. The van der Waals surface area contributed by atoms with Crippen LogP contribution < -0.4 is 11.1 Å². The number of nitrogens with two attached hydrogens (primary N) is 1. The molecule has 0 aliphatic heterocycles. The SMILES string of the molecule is Cc1ccc(/C=C/C(=O)O[C@@H](C)C(=O)Nc2sc3c(c2C(N)=O)CCC3)cc1. The number of aryl methyl sites for hydroxylation is 2. The summed E-state index contributed by atoms with van der Waals surface area (Å²) in [6, 6.07) is 7.65. The topological polar surface area (TPSA) is 98.5 Å². The van der Waals surface area contributed by atoms with Crippen LogP contribution >= 0.6 is 11.3 Å². The van der Waals surface area contributed by atoms with Gasteiger partial charge in [0.1, 0.15) is 5.00 Å². The first-order valence-electron chi connectivity index (χ1n) is 9.05. The van der Waals surface area contributed by atoms with E-state index in [1.54, 1.807) is 6.08 Å². The molecule has 1 heterocycles. The highest BCUT2D eigenvalue weighted by atomic mass is 32.1. The molecule has 1 aliphatic carbocycles. The molecule has 0 saturated heterocycles. The molecule has 1 atom stereocenters. The number of nitrogens with one attached hydrogen (secondary N) is 1. The Balaban J connectivity index is 1.61. The van der Waals surface area contributed by atoms with Crippen LogP contribution in [0.4, 0.5) is 5.00 Å². The van der Waals surface area contributed by atoms with Crippen LogP contribution in [0.25, 0.3) is 6.08 Å². The van der Waals surface area contributed by atoms with Crippen molar-refractivity contribution < 1.29 is 19.1 Å². The minimum absolute atomic E-state index is 0.378. The zero-order valence-corrected chi connectivity index (χ0v) is 16.6. The maximum Gasteiger partial charge on any atom is 0.331 e. The van der Waals surface area contributed by atoms with Gasteiger partial charge < -0.3 is 15.8 Å². The fourth-order valence-corrected chi connectivity index (χ4v) is 4.37. The first-order chi connectivity index (χ1) is 13.3. The van der Waals surface area contributed by atoms with Crippen LogP contribution in [0.15, 0.2) is 30.3 Å². The number of esters is 1. The van der Waals surface area contributed by atoms with E-state index in [0.29, 0.717) is 10.6 Å². The number of fused-ring (bicyclic) bond motifs is 1. The molecule has 2 aromatic rings. The molecule has 1 aliphatic rings. The van der Waals surface area contributed by atoms with Gasteiger partial charge in [0, 0.05) is 11.0 Å². The average Bonchev–Trinajstić information content (AvgIpc) is 3.21. The fourth-order valence-electron chi connectivity index (χ4n) is 3.08. The number of carbonyl (C=O) groups excluding carboxylic acids is 3. The minimum Gasteiger partial charge on any atom is -0.449 e. The van der Waals surface area contributed by atoms with E-state index in [1.807, 2.05) is 31.2 Å². The van der Waals surface area contributed by atoms with Gasteiger partial charge in [-0.15, -0.1) is 11.3 Å². The molecule has 0 radical (unpaired) electrons. The van der Waals surface area contributed by atoms with Crippen molar-refractivity contribution in [3.8, 4) is 0 Å². The second-order valence-electron chi connectivity index (χ2n) is 6.74. The Labute approximate surface area is 167 Å². The molecule has 0 saturated carbocycles. The molecule has 2 amide bonds. The van der Waals surface area contributed by atoms with E-state index in [9.17, 15) is 14.4 Å². The number of hydrogen-bond acceptors (Lipinski definition) is 5. The first kappa shape index (κ1) is 19.8. The van der Waals surface area contributed by atoms with Crippen molar-refractivity contribution in [1.29, 1.82) is 0 Å². The molecule has 0 unspecified atom stereocenters. The maximum absolute atomic E-state index is 12.4. The maximum atomic E-state index is 12.4. The Morgan fingerprint density at radius 3 is 2.61 bits per heavy atom. The van der Waals surface area contributed by atoms with Gasteiger partial charge in [-0.2, -0.15) is 0 Å². The third-order valence-electron chi connectivity index (χ3n) is 4.56. The molecule has 28 heavy (non-hydrogen) atoms. The van der Waals surface area contributed by atoms with E-state index in [-0.39, 0.29) is 0 Å². The Hall–Kier alpha value is -2.93. The summed E-state index contributed by atoms with van der Waals surface area (Å²) in [5.74, 6) is -1.67. The van der Waals surface area contributed by atoms with Gasteiger partial charge in [-0.05, 0) is 50.3 Å². The highest BCUT2D eigenvalue weighted by Crippen LogP contribution is 2.38. The van der Waals surface area contributed by atoms with Crippen LogP contribution in [0, 0.1) is 6.92 Å². The van der Waals surface area contributed by atoms with Crippen LogP contribution in [-0.2, 0) is 27.2 Å². The third kappa shape index (κ3) is 4.48. The summed E-state index contributed by atoms with van der Waals surface area (Å²) in [5.41, 5.74) is 8.78. The molecule has 7 heteroatoms. The van der Waals surface area contributed by atoms with E-state index in [1.165, 1.54) is 24.3 Å². The van der Waals surface area contributed by atoms with Crippen LogP contribution in [0.2, 0.25) is 0 Å². The zero-order valence-electron chi connectivity index (χ0n) is 15.8. The van der Waals surface area contributed by atoms with Gasteiger partial charge in [-0.25, -0.2) is 4.79 Å². The lowest BCUT2D eigenvalue weighted by Gasteiger charge is -2.12. The smallest absolute Gasteiger partial charge is 0.331 e. The lowest BCUT2D eigenvalue weighted by Crippen LogP contribution is -2.30. The molecule has 146 valence electrons. The van der Waals surface area contributed by atoms with Crippen LogP contribution in [-0.4, -0.2) is 23.9 Å². The number of anilines is 1. The van der Waals surface area contributed by atoms with E-state index < -0.39 is 23.9 Å². The fraction of sp³-hybridized carbons (Fsp3) is 0.286. The quantitative estimate of drug-likeness (QED) is 0.576. The van der Waals surface area contributed by atoms with Gasteiger partial charge in [-0.3, -0.25) is 9.59 Å². The van der Waals surface area contributed by atoms with Gasteiger partial charge >= 0.3 is 5.97 Å². The van der Waals surface area contributed by atoms with E-state index in [0.717, 1.165) is 40.8 Å². The van der Waals surface area contributed by atoms with Crippen LogP contribution in [0.1, 0.15) is 45.3 Å². The summed E-state index contributed by atoms with van der Waals surface area (Å²) in [5, 5.41) is 3.11. The number of carbonyl (C=O) groups is 3. The molecule has 0 bridgehead atoms. The summed E-state index contributed by atoms with van der Waals surface area (Å²) in [6.45, 7) is 3.46. The predicted octanol–water partition coefficient (Wildman–Crippen LogP) is 3.23. The number of amides is 2. The van der Waals surface area contributed by atoms with Gasteiger partial charge in [0.2, 0.25) is 0 Å². The normalized spacial score (nSPS) is 13.9. The van der Waals surface area contributed by atoms with Crippen molar-refractivity contribution in [2.24, 2.45) is 5.73 Å². The van der Waals surface area contributed by atoms with Gasteiger partial charge in [0.25, 0.3) is 11.8 Å². The predicted molar refractivity (Wildman–Crippen MR) is 109 cm³/mol. The van der Waals surface area contributed by atoms with Gasteiger partial charge in [-0.1, -0.05) is 29.8 Å². The van der Waals surface area contributed by atoms with Crippen molar-refractivity contribution in [2.45, 2.75) is 39.2 Å². The summed E-state index contributed by atoms with van der Waals surface area (Å²) >= 11 is 1.36. The standard InChI is InChI=1S/C21H22N2O4S/c1-12-6-8-14(9-7-12)10-11-17(24)27-13(2)20(26)23-21-18(19(22)25)15-4-3-5-16(15)28-21/h6-11,13H,3-5H2,1-2H3,(H2,22,25)(H,23,26)/b11-10+/t13-/m0/s1. The lowest BCUT2D eigenvalue weighted by atomic mass is 10.1. The number of ether oxygens (including phenoxy) is 1. The average molecular weight is 398 g/mol. The molecule has 3 rings (SSSR count). The Kier molecular flexibility index (Phi) is 5.94. The molecule has 1 aromatic carbocycles. The Morgan fingerprint density at radius 1 is 1.21 bits per heavy atom. The van der Waals surface area contributed by atoms with Crippen molar-refractivity contribution in [3.63, 3.8) is 0 Å². The summed E-state index contributed by atoms with van der Waals surface area (Å²) in [7, 11) is 0. The Bertz CT molecular complexity index is 944. The van der Waals surface area contributed by atoms with Gasteiger partial charge in [0.05, 0.1) is 5.56 Å². The highest BCUT2D eigenvalue weighted by Gasteiger charge is 2.27. The van der Waals surface area contributed by atoms with Crippen molar-refractivity contribution in [3.05, 3.63) is 57.5 Å². The van der Waals surface area contributed by atoms with E-state index >= 15 is 0 Å². The highest BCUT2D eigenvalue weighted by molar-refractivity contribution is 7.17. The summed E-state index contributed by atoms with van der Waals surface area (Å²) in [6.07, 6.45) is 4.55. The third-order valence-corrected chi connectivity index (χ3v) is 5.76. The number of thiophene rings is 1. The number of rotatable bonds is 6. The van der Waals surface area contributed by atoms with Crippen molar-refractivity contribution in [2.75, 3.05) is 5.32 Å². The van der Waals surface area contributed by atoms with E-state index in [4.69, 9.17) is 10.5 Å². The summed E-state index contributed by atoms with van der Waals surface area (Å²) in [4.78, 5) is 37.3. The number of benzene rings is 1. The molecule has 3 N–H and O–H groups in total. The molecule has 0 fully saturated rings. The molecule has 1 aromatic heterocycles. The molecule has 0 spiro atoms. The van der Waals surface area contributed by atoms with E-state index in [2.05, 4.69) is 5.32 Å². The zero-order chi connectivity index (χ0) is 20.3. The summed E-state index contributed by atoms with van der Waals surface area (Å²) < 4.78 is 5.16. The molecular formula is C21H22N2O4S.